The summed E-state index contributed by atoms with van der Waals surface area (Å²) in [6, 6.07) is 10.2. The third-order valence-electron chi connectivity index (χ3n) is 2.45. The van der Waals surface area contributed by atoms with Crippen molar-refractivity contribution < 1.29 is 18.8 Å². The molecule has 0 aliphatic carbocycles. The summed E-state index contributed by atoms with van der Waals surface area (Å²) in [6.45, 7) is 0. The Morgan fingerprint density at radius 3 is 2.12 bits per heavy atom. The number of hydrogen-bond acceptors (Lipinski definition) is 2. The van der Waals surface area contributed by atoms with Crippen LogP contribution in [0, 0.1) is 11.6 Å². The zero-order valence-corrected chi connectivity index (χ0v) is 8.77. The molecule has 0 bridgehead atoms. The first-order chi connectivity index (χ1) is 8.09. The zero-order chi connectivity index (χ0) is 12.4. The molecular formula is C12H9BF2O2. The Balaban J connectivity index is 2.55. The molecule has 0 atom stereocenters. The minimum absolute atomic E-state index is 0.0903. The lowest BCUT2D eigenvalue weighted by atomic mass is 9.79. The smallest absolute Gasteiger partial charge is 0.423 e. The van der Waals surface area contributed by atoms with E-state index in [4.69, 9.17) is 10.0 Å². The molecule has 0 saturated heterocycles. The molecule has 2 N–H and O–H groups in total. The summed E-state index contributed by atoms with van der Waals surface area (Å²) in [5.74, 6) is -1.54. The molecule has 0 aromatic heterocycles. The number of benzene rings is 2. The van der Waals surface area contributed by atoms with Gasteiger partial charge in [0.15, 0.2) is 0 Å². The molecule has 0 saturated carbocycles. The average molecular weight is 234 g/mol. The second-order valence-electron chi connectivity index (χ2n) is 3.59. The number of rotatable bonds is 2. The van der Waals surface area contributed by atoms with E-state index in [1.54, 1.807) is 30.3 Å². The van der Waals surface area contributed by atoms with Crippen molar-refractivity contribution in [3.8, 4) is 11.1 Å². The van der Waals surface area contributed by atoms with Gasteiger partial charge >= 0.3 is 7.12 Å². The molecule has 2 aromatic rings. The summed E-state index contributed by atoms with van der Waals surface area (Å²) in [4.78, 5) is 0. The van der Waals surface area contributed by atoms with Crippen molar-refractivity contribution in [3.05, 3.63) is 54.1 Å². The Morgan fingerprint density at radius 1 is 0.882 bits per heavy atom. The van der Waals surface area contributed by atoms with E-state index in [0.717, 1.165) is 12.1 Å². The highest BCUT2D eigenvalue weighted by atomic mass is 19.1. The molecule has 86 valence electrons. The predicted octanol–water partition coefficient (Wildman–Crippen LogP) is 1.31. The van der Waals surface area contributed by atoms with Gasteiger partial charge in [0.2, 0.25) is 0 Å². The maximum absolute atomic E-state index is 13.7. The van der Waals surface area contributed by atoms with Crippen LogP contribution in [-0.2, 0) is 0 Å². The van der Waals surface area contributed by atoms with Crippen LogP contribution in [0.1, 0.15) is 0 Å². The first kappa shape index (κ1) is 11.8. The minimum atomic E-state index is -2.02. The van der Waals surface area contributed by atoms with E-state index >= 15 is 0 Å². The van der Waals surface area contributed by atoms with E-state index < -0.39 is 24.2 Å². The molecule has 0 amide bonds. The molecule has 17 heavy (non-hydrogen) atoms. The van der Waals surface area contributed by atoms with E-state index in [1.807, 2.05) is 0 Å². The van der Waals surface area contributed by atoms with Crippen LogP contribution in [-0.4, -0.2) is 17.2 Å². The first-order valence-corrected chi connectivity index (χ1v) is 5.00. The molecule has 0 radical (unpaired) electrons. The van der Waals surface area contributed by atoms with Crippen molar-refractivity contribution in [2.75, 3.05) is 0 Å². The molecule has 0 aliphatic rings. The SMILES string of the molecule is OB(O)c1cc(F)c(-c2ccccc2)cc1F. The van der Waals surface area contributed by atoms with E-state index in [9.17, 15) is 8.78 Å². The van der Waals surface area contributed by atoms with Gasteiger partial charge in [0, 0.05) is 11.0 Å². The summed E-state index contributed by atoms with van der Waals surface area (Å²) in [6.07, 6.45) is 0. The van der Waals surface area contributed by atoms with Crippen LogP contribution in [0.25, 0.3) is 11.1 Å². The molecule has 0 aliphatic heterocycles. The summed E-state index contributed by atoms with van der Waals surface area (Å²) < 4.78 is 27.2. The maximum atomic E-state index is 13.7. The summed E-state index contributed by atoms with van der Waals surface area (Å²) in [5.41, 5.74) is 0.151. The Hall–Kier alpha value is -1.72. The van der Waals surface area contributed by atoms with Gasteiger partial charge in [-0.15, -0.1) is 0 Å². The third kappa shape index (κ3) is 2.35. The monoisotopic (exact) mass is 234 g/mol. The van der Waals surface area contributed by atoms with Crippen LogP contribution in [0.3, 0.4) is 0 Å². The van der Waals surface area contributed by atoms with Gasteiger partial charge in [-0.05, 0) is 17.7 Å². The predicted molar refractivity (Wildman–Crippen MR) is 61.6 cm³/mol. The Kier molecular flexibility index (Phi) is 3.22. The molecule has 0 unspecified atom stereocenters. The first-order valence-electron chi connectivity index (χ1n) is 5.00. The summed E-state index contributed by atoms with van der Waals surface area (Å²) in [5, 5.41) is 17.7. The molecule has 2 aromatic carbocycles. The largest absolute Gasteiger partial charge is 0.491 e. The standard InChI is InChI=1S/C12H9BF2O2/c14-11-7-10(13(16)17)12(15)6-9(11)8-4-2-1-3-5-8/h1-7,16-17H. The quantitative estimate of drug-likeness (QED) is 0.769. The highest BCUT2D eigenvalue weighted by Crippen LogP contribution is 2.22. The number of hydrogen-bond donors (Lipinski definition) is 2. The van der Waals surface area contributed by atoms with Crippen LogP contribution in [0.5, 0.6) is 0 Å². The third-order valence-corrected chi connectivity index (χ3v) is 2.45. The Morgan fingerprint density at radius 2 is 1.53 bits per heavy atom. The van der Waals surface area contributed by atoms with Crippen LogP contribution < -0.4 is 5.46 Å². The maximum Gasteiger partial charge on any atom is 0.491 e. The lowest BCUT2D eigenvalue weighted by Crippen LogP contribution is -2.33. The van der Waals surface area contributed by atoms with Crippen molar-refractivity contribution in [2.45, 2.75) is 0 Å². The topological polar surface area (TPSA) is 40.5 Å². The second-order valence-corrected chi connectivity index (χ2v) is 3.59. The van der Waals surface area contributed by atoms with Gasteiger partial charge in [-0.2, -0.15) is 0 Å². The van der Waals surface area contributed by atoms with Crippen LogP contribution >= 0.6 is 0 Å². The van der Waals surface area contributed by atoms with Crippen LogP contribution in [0.2, 0.25) is 0 Å². The van der Waals surface area contributed by atoms with Crippen molar-refractivity contribution in [3.63, 3.8) is 0 Å². The van der Waals surface area contributed by atoms with Crippen LogP contribution in [0.4, 0.5) is 8.78 Å². The van der Waals surface area contributed by atoms with Gasteiger partial charge in [-0.25, -0.2) is 8.78 Å². The molecule has 0 heterocycles. The van der Waals surface area contributed by atoms with Gasteiger partial charge in [0.1, 0.15) is 11.6 Å². The molecule has 2 nitrogen and oxygen atoms in total. The normalized spacial score (nSPS) is 10.4. The Bertz CT molecular complexity index is 530. The summed E-state index contributed by atoms with van der Waals surface area (Å²) in [7, 11) is -2.02. The minimum Gasteiger partial charge on any atom is -0.423 e. The molecule has 0 fully saturated rings. The highest BCUT2D eigenvalue weighted by Gasteiger charge is 2.19. The van der Waals surface area contributed by atoms with Crippen LogP contribution in [0.15, 0.2) is 42.5 Å². The lowest BCUT2D eigenvalue weighted by molar-refractivity contribution is 0.422. The number of halogens is 2. The molecule has 0 spiro atoms. The molecular weight excluding hydrogens is 225 g/mol. The Labute approximate surface area is 97.3 Å². The fourth-order valence-corrected chi connectivity index (χ4v) is 1.60. The zero-order valence-electron chi connectivity index (χ0n) is 8.77. The van der Waals surface area contributed by atoms with Crippen molar-refractivity contribution in [2.24, 2.45) is 0 Å². The average Bonchev–Trinajstić information content (AvgIpc) is 2.32. The van der Waals surface area contributed by atoms with Crippen molar-refractivity contribution in [1.29, 1.82) is 0 Å². The lowest BCUT2D eigenvalue weighted by Gasteiger charge is -2.07. The van der Waals surface area contributed by atoms with Gasteiger partial charge in [-0.3, -0.25) is 0 Å². The second kappa shape index (κ2) is 4.65. The fourth-order valence-electron chi connectivity index (χ4n) is 1.60. The van der Waals surface area contributed by atoms with Crippen molar-refractivity contribution >= 4 is 12.6 Å². The van der Waals surface area contributed by atoms with E-state index in [-0.39, 0.29) is 5.56 Å². The highest BCUT2D eigenvalue weighted by molar-refractivity contribution is 6.58. The van der Waals surface area contributed by atoms with Gasteiger partial charge < -0.3 is 10.0 Å². The van der Waals surface area contributed by atoms with E-state index in [2.05, 4.69) is 0 Å². The van der Waals surface area contributed by atoms with Gasteiger partial charge in [0.05, 0.1) is 0 Å². The van der Waals surface area contributed by atoms with Crippen molar-refractivity contribution in [1.82, 2.24) is 0 Å². The van der Waals surface area contributed by atoms with Gasteiger partial charge in [-0.1, -0.05) is 30.3 Å². The molecule has 5 heteroatoms. The van der Waals surface area contributed by atoms with Gasteiger partial charge in [0.25, 0.3) is 0 Å². The molecule has 2 rings (SSSR count). The van der Waals surface area contributed by atoms with E-state index in [0.29, 0.717) is 5.56 Å². The fraction of sp³-hybridized carbons (Fsp3) is 0. The van der Waals surface area contributed by atoms with E-state index in [1.165, 1.54) is 0 Å². The summed E-state index contributed by atoms with van der Waals surface area (Å²) >= 11 is 0.